The molecule has 0 amide bonds. The largest absolute Gasteiger partial charge is 0.314 e. The first-order chi connectivity index (χ1) is 9.15. The maximum absolute atomic E-state index is 3.67. The first kappa shape index (κ1) is 17.0. The number of nitrogens with one attached hydrogen (secondary N) is 1. The van der Waals surface area contributed by atoms with Crippen LogP contribution in [0.5, 0.6) is 0 Å². The highest BCUT2D eigenvalue weighted by Crippen LogP contribution is 2.28. The summed E-state index contributed by atoms with van der Waals surface area (Å²) < 4.78 is 0. The molecule has 114 valence electrons. The number of hydrogen-bond donors (Lipinski definition) is 1. The molecule has 1 aliphatic rings. The average molecular weight is 268 g/mol. The van der Waals surface area contributed by atoms with E-state index in [1.165, 1.54) is 45.1 Å². The van der Waals surface area contributed by atoms with E-state index in [9.17, 15) is 0 Å². The molecule has 4 atom stereocenters. The zero-order chi connectivity index (χ0) is 14.3. The Balaban J connectivity index is 2.60. The van der Waals surface area contributed by atoms with Gasteiger partial charge in [-0.3, -0.25) is 4.90 Å². The Morgan fingerprint density at radius 2 is 1.84 bits per heavy atom. The third-order valence-electron chi connectivity index (χ3n) is 5.07. The molecule has 1 N–H and O–H groups in total. The monoisotopic (exact) mass is 268 g/mol. The predicted molar refractivity (Wildman–Crippen MR) is 85.6 cm³/mol. The third-order valence-corrected chi connectivity index (χ3v) is 5.07. The lowest BCUT2D eigenvalue weighted by Crippen LogP contribution is -2.56. The highest BCUT2D eigenvalue weighted by atomic mass is 15.2. The predicted octanol–water partition coefficient (Wildman–Crippen LogP) is 4.05. The molecule has 1 heterocycles. The van der Waals surface area contributed by atoms with Gasteiger partial charge < -0.3 is 5.32 Å². The molecule has 0 aromatic rings. The first-order valence-corrected chi connectivity index (χ1v) is 8.64. The van der Waals surface area contributed by atoms with Gasteiger partial charge >= 0.3 is 0 Å². The highest BCUT2D eigenvalue weighted by molar-refractivity contribution is 4.91. The van der Waals surface area contributed by atoms with Crippen molar-refractivity contribution in [2.75, 3.05) is 13.1 Å². The summed E-state index contributed by atoms with van der Waals surface area (Å²) in [6, 6.07) is 2.28. The Morgan fingerprint density at radius 3 is 2.42 bits per heavy atom. The molecule has 0 aliphatic carbocycles. The van der Waals surface area contributed by atoms with E-state index in [4.69, 9.17) is 0 Å². The molecule has 19 heavy (non-hydrogen) atoms. The van der Waals surface area contributed by atoms with Gasteiger partial charge in [0.05, 0.1) is 0 Å². The second kappa shape index (κ2) is 8.97. The number of unbranched alkanes of at least 4 members (excludes halogenated alkanes) is 1. The van der Waals surface area contributed by atoms with Crippen LogP contribution < -0.4 is 5.32 Å². The van der Waals surface area contributed by atoms with Gasteiger partial charge in [-0.1, -0.05) is 47.0 Å². The summed E-state index contributed by atoms with van der Waals surface area (Å²) in [7, 11) is 0. The molecule has 1 saturated heterocycles. The molecular weight excluding hydrogens is 232 g/mol. The van der Waals surface area contributed by atoms with E-state index < -0.39 is 0 Å². The normalized spacial score (nSPS) is 30.5. The maximum Gasteiger partial charge on any atom is 0.0120 e. The molecule has 1 aliphatic heterocycles. The molecule has 2 heteroatoms. The topological polar surface area (TPSA) is 15.3 Å². The molecule has 0 aromatic heterocycles. The van der Waals surface area contributed by atoms with Gasteiger partial charge in [-0.15, -0.1) is 0 Å². The second-order valence-electron chi connectivity index (χ2n) is 6.38. The number of hydrogen-bond acceptors (Lipinski definition) is 2. The van der Waals surface area contributed by atoms with Crippen molar-refractivity contribution in [1.29, 1.82) is 0 Å². The number of likely N-dealkylation sites (tertiary alicyclic amines) is 1. The van der Waals surface area contributed by atoms with E-state index in [-0.39, 0.29) is 0 Å². The molecule has 1 rings (SSSR count). The van der Waals surface area contributed by atoms with Crippen LogP contribution >= 0.6 is 0 Å². The van der Waals surface area contributed by atoms with Crippen LogP contribution in [0.2, 0.25) is 0 Å². The van der Waals surface area contributed by atoms with Crippen molar-refractivity contribution in [1.82, 2.24) is 10.2 Å². The van der Waals surface area contributed by atoms with Crippen molar-refractivity contribution in [2.24, 2.45) is 5.92 Å². The lowest BCUT2D eigenvalue weighted by molar-refractivity contribution is 0.0391. The summed E-state index contributed by atoms with van der Waals surface area (Å²) in [5, 5.41) is 3.67. The van der Waals surface area contributed by atoms with Gasteiger partial charge in [0, 0.05) is 24.7 Å². The Hall–Kier alpha value is -0.0800. The van der Waals surface area contributed by atoms with Gasteiger partial charge in [-0.05, 0) is 38.6 Å². The molecule has 0 bridgehead atoms. The summed E-state index contributed by atoms with van der Waals surface area (Å²) >= 11 is 0. The van der Waals surface area contributed by atoms with E-state index in [0.717, 1.165) is 30.6 Å². The smallest absolute Gasteiger partial charge is 0.0120 e. The maximum atomic E-state index is 3.67. The summed E-state index contributed by atoms with van der Waals surface area (Å²) in [5.74, 6) is 0.773. The van der Waals surface area contributed by atoms with Crippen LogP contribution in [-0.4, -0.2) is 36.1 Å². The van der Waals surface area contributed by atoms with Gasteiger partial charge in [0.15, 0.2) is 0 Å². The standard InChI is InChI=1S/C17H36N2/c1-6-9-11-16(10-7-2)19-13-12-17(18-8-3)14(4)15(19)5/h14-18H,6-13H2,1-5H3. The van der Waals surface area contributed by atoms with Gasteiger partial charge in [-0.25, -0.2) is 0 Å². The van der Waals surface area contributed by atoms with Gasteiger partial charge in [0.25, 0.3) is 0 Å². The van der Waals surface area contributed by atoms with Crippen LogP contribution in [0.15, 0.2) is 0 Å². The summed E-state index contributed by atoms with van der Waals surface area (Å²) in [4.78, 5) is 2.82. The molecule has 1 fully saturated rings. The molecule has 2 nitrogen and oxygen atoms in total. The van der Waals surface area contributed by atoms with E-state index >= 15 is 0 Å². The fourth-order valence-corrected chi connectivity index (χ4v) is 3.71. The van der Waals surface area contributed by atoms with Crippen molar-refractivity contribution in [3.05, 3.63) is 0 Å². The lowest BCUT2D eigenvalue weighted by atomic mass is 9.85. The summed E-state index contributed by atoms with van der Waals surface area (Å²) in [6.07, 6.45) is 8.14. The SMILES string of the molecule is CCCCC(CCC)N1CCC(NCC)C(C)C1C. The van der Waals surface area contributed by atoms with Crippen LogP contribution in [0.25, 0.3) is 0 Å². The average Bonchev–Trinajstić information content (AvgIpc) is 2.41. The van der Waals surface area contributed by atoms with Crippen LogP contribution in [0.4, 0.5) is 0 Å². The van der Waals surface area contributed by atoms with E-state index in [1.807, 2.05) is 0 Å². The minimum atomic E-state index is 0.727. The quantitative estimate of drug-likeness (QED) is 0.714. The fraction of sp³-hybridized carbons (Fsp3) is 1.00. The van der Waals surface area contributed by atoms with E-state index in [2.05, 4.69) is 44.8 Å². The summed E-state index contributed by atoms with van der Waals surface area (Å²) in [6.45, 7) is 14.2. The second-order valence-corrected chi connectivity index (χ2v) is 6.38. The molecule has 0 aromatic carbocycles. The van der Waals surface area contributed by atoms with Crippen molar-refractivity contribution < 1.29 is 0 Å². The molecular formula is C17H36N2. The van der Waals surface area contributed by atoms with Crippen LogP contribution in [-0.2, 0) is 0 Å². The first-order valence-electron chi connectivity index (χ1n) is 8.64. The molecule has 0 radical (unpaired) electrons. The minimum Gasteiger partial charge on any atom is -0.314 e. The lowest BCUT2D eigenvalue weighted by Gasteiger charge is -2.47. The number of piperidine rings is 1. The molecule has 0 spiro atoms. The van der Waals surface area contributed by atoms with Gasteiger partial charge in [-0.2, -0.15) is 0 Å². The van der Waals surface area contributed by atoms with Crippen LogP contribution in [0.1, 0.15) is 73.1 Å². The van der Waals surface area contributed by atoms with Crippen molar-refractivity contribution >= 4 is 0 Å². The zero-order valence-electron chi connectivity index (χ0n) is 13.9. The number of nitrogens with zero attached hydrogens (tertiary/aromatic N) is 1. The zero-order valence-corrected chi connectivity index (χ0v) is 13.9. The van der Waals surface area contributed by atoms with E-state index in [1.54, 1.807) is 0 Å². The highest BCUT2D eigenvalue weighted by Gasteiger charge is 2.34. The minimum absolute atomic E-state index is 0.727. The van der Waals surface area contributed by atoms with Crippen molar-refractivity contribution in [2.45, 2.75) is 91.3 Å². The summed E-state index contributed by atoms with van der Waals surface area (Å²) in [5.41, 5.74) is 0. The fourth-order valence-electron chi connectivity index (χ4n) is 3.71. The van der Waals surface area contributed by atoms with Gasteiger partial charge in [0.2, 0.25) is 0 Å². The number of rotatable bonds is 8. The Labute approximate surface area is 121 Å². The molecule has 0 saturated carbocycles. The van der Waals surface area contributed by atoms with Crippen molar-refractivity contribution in [3.8, 4) is 0 Å². The Morgan fingerprint density at radius 1 is 1.11 bits per heavy atom. The third kappa shape index (κ3) is 4.75. The van der Waals surface area contributed by atoms with Crippen LogP contribution in [0, 0.1) is 5.92 Å². The molecule has 4 unspecified atom stereocenters. The van der Waals surface area contributed by atoms with Crippen LogP contribution in [0.3, 0.4) is 0 Å². The van der Waals surface area contributed by atoms with Gasteiger partial charge in [0.1, 0.15) is 0 Å². The van der Waals surface area contributed by atoms with E-state index in [0.29, 0.717) is 0 Å². The Kier molecular flexibility index (Phi) is 8.01. The van der Waals surface area contributed by atoms with Crippen molar-refractivity contribution in [3.63, 3.8) is 0 Å². The Bertz CT molecular complexity index is 229.